The van der Waals surface area contributed by atoms with Gasteiger partial charge < -0.3 is 9.30 Å². The van der Waals surface area contributed by atoms with Gasteiger partial charge in [-0.05, 0) is 12.1 Å². The molecule has 0 bridgehead atoms. The van der Waals surface area contributed by atoms with E-state index in [-0.39, 0.29) is 5.56 Å². The Hall–Kier alpha value is -2.89. The molecule has 106 valence electrons. The predicted octanol–water partition coefficient (Wildman–Crippen LogP) is 1.71. The van der Waals surface area contributed by atoms with Crippen molar-refractivity contribution >= 4 is 0 Å². The summed E-state index contributed by atoms with van der Waals surface area (Å²) in [4.78, 5) is 15.8. The van der Waals surface area contributed by atoms with Gasteiger partial charge in [0.2, 0.25) is 0 Å². The number of nitrogens with zero attached hydrogens (tertiary/aromatic N) is 3. The van der Waals surface area contributed by atoms with Crippen LogP contribution >= 0.6 is 0 Å². The number of imidazole rings is 1. The fraction of sp³-hybridized carbons (Fsp3) is 0.133. The summed E-state index contributed by atoms with van der Waals surface area (Å²) in [5.74, 6) is 0.675. The van der Waals surface area contributed by atoms with E-state index in [0.29, 0.717) is 24.5 Å². The van der Waals surface area contributed by atoms with Gasteiger partial charge in [0.25, 0.3) is 5.56 Å². The van der Waals surface area contributed by atoms with Crippen LogP contribution in [-0.4, -0.2) is 26.4 Å². The highest BCUT2D eigenvalue weighted by atomic mass is 16.5. The molecule has 1 aromatic carbocycles. The van der Waals surface area contributed by atoms with Crippen LogP contribution in [0.4, 0.5) is 0 Å². The maximum absolute atomic E-state index is 11.8. The third-order valence-corrected chi connectivity index (χ3v) is 3.07. The molecule has 0 aliphatic carbocycles. The van der Waals surface area contributed by atoms with Gasteiger partial charge >= 0.3 is 0 Å². The summed E-state index contributed by atoms with van der Waals surface area (Å²) in [6.45, 7) is 1.19. The molecule has 0 unspecified atom stereocenters. The lowest BCUT2D eigenvalue weighted by atomic mass is 10.1. The van der Waals surface area contributed by atoms with Crippen LogP contribution in [0.5, 0.6) is 5.75 Å². The van der Waals surface area contributed by atoms with Crippen LogP contribution in [0.25, 0.3) is 11.1 Å². The van der Waals surface area contributed by atoms with Crippen molar-refractivity contribution in [3.63, 3.8) is 0 Å². The van der Waals surface area contributed by atoms with Crippen LogP contribution in [0.1, 0.15) is 0 Å². The van der Waals surface area contributed by atoms with E-state index >= 15 is 0 Å². The van der Waals surface area contributed by atoms with E-state index in [0.717, 1.165) is 5.56 Å². The molecule has 3 rings (SSSR count). The minimum atomic E-state index is -0.233. The molecule has 3 aromatic rings. The summed E-state index contributed by atoms with van der Waals surface area (Å²) in [6, 6.07) is 9.14. The normalized spacial score (nSPS) is 10.5. The Labute approximate surface area is 121 Å². The number of para-hydroxylation sites is 1. The lowest BCUT2D eigenvalue weighted by molar-refractivity contribution is 0.299. The minimum absolute atomic E-state index is 0.233. The van der Waals surface area contributed by atoms with Crippen LogP contribution in [0.2, 0.25) is 0 Å². The number of ether oxygens (including phenoxy) is 1. The molecule has 0 atom stereocenters. The number of aromatic nitrogens is 4. The van der Waals surface area contributed by atoms with E-state index in [9.17, 15) is 4.79 Å². The molecule has 0 amide bonds. The lowest BCUT2D eigenvalue weighted by Crippen LogP contribution is -2.11. The average Bonchev–Trinajstić information content (AvgIpc) is 3.02. The molecule has 0 spiro atoms. The van der Waals surface area contributed by atoms with Gasteiger partial charge in [0.15, 0.2) is 0 Å². The van der Waals surface area contributed by atoms with E-state index in [1.165, 1.54) is 0 Å². The molecule has 0 fully saturated rings. The summed E-state index contributed by atoms with van der Waals surface area (Å²) in [7, 11) is 0. The summed E-state index contributed by atoms with van der Waals surface area (Å²) in [5.41, 5.74) is 1.07. The largest absolute Gasteiger partial charge is 0.491 e. The highest BCUT2D eigenvalue weighted by Crippen LogP contribution is 2.26. The molecule has 6 nitrogen and oxygen atoms in total. The third-order valence-electron chi connectivity index (χ3n) is 3.07. The highest BCUT2D eigenvalue weighted by Gasteiger charge is 2.09. The smallest absolute Gasteiger partial charge is 0.272 e. The molecule has 2 heterocycles. The second kappa shape index (κ2) is 6.04. The van der Waals surface area contributed by atoms with Crippen molar-refractivity contribution in [2.75, 3.05) is 6.61 Å². The SMILES string of the molecule is O=c1[nH]nccc1-c1ccccc1OCCn1ccnc1. The van der Waals surface area contributed by atoms with Crippen molar-refractivity contribution in [1.82, 2.24) is 19.7 Å². The first-order valence-corrected chi connectivity index (χ1v) is 6.56. The first kappa shape index (κ1) is 13.1. The van der Waals surface area contributed by atoms with Gasteiger partial charge in [0, 0.05) is 24.2 Å². The van der Waals surface area contributed by atoms with Crippen LogP contribution in [0.3, 0.4) is 0 Å². The van der Waals surface area contributed by atoms with Crippen molar-refractivity contribution in [1.29, 1.82) is 0 Å². The topological polar surface area (TPSA) is 72.8 Å². The number of benzene rings is 1. The first-order valence-electron chi connectivity index (χ1n) is 6.56. The summed E-state index contributed by atoms with van der Waals surface area (Å²) < 4.78 is 7.73. The lowest BCUT2D eigenvalue weighted by Gasteiger charge is -2.11. The maximum atomic E-state index is 11.8. The zero-order chi connectivity index (χ0) is 14.5. The van der Waals surface area contributed by atoms with Crippen LogP contribution in [0, 0.1) is 0 Å². The fourth-order valence-electron chi connectivity index (χ4n) is 2.05. The summed E-state index contributed by atoms with van der Waals surface area (Å²) in [6.07, 6.45) is 6.90. The summed E-state index contributed by atoms with van der Waals surface area (Å²) in [5, 5.41) is 6.14. The average molecular weight is 282 g/mol. The van der Waals surface area contributed by atoms with E-state index in [4.69, 9.17) is 4.74 Å². The van der Waals surface area contributed by atoms with Crippen molar-refractivity contribution in [3.8, 4) is 16.9 Å². The molecule has 21 heavy (non-hydrogen) atoms. The van der Waals surface area contributed by atoms with Crippen molar-refractivity contribution in [2.24, 2.45) is 0 Å². The van der Waals surface area contributed by atoms with E-state index < -0.39 is 0 Å². The predicted molar refractivity (Wildman–Crippen MR) is 78.0 cm³/mol. The van der Waals surface area contributed by atoms with Crippen LogP contribution in [0.15, 0.2) is 60.0 Å². The number of hydrogen-bond donors (Lipinski definition) is 1. The Morgan fingerprint density at radius 2 is 2.05 bits per heavy atom. The number of H-pyrrole nitrogens is 1. The summed E-state index contributed by atoms with van der Waals surface area (Å²) >= 11 is 0. The number of nitrogens with one attached hydrogen (secondary N) is 1. The molecular formula is C15H14N4O2. The zero-order valence-electron chi connectivity index (χ0n) is 11.3. The second-order valence-corrected chi connectivity index (χ2v) is 4.44. The van der Waals surface area contributed by atoms with Crippen molar-refractivity contribution in [2.45, 2.75) is 6.54 Å². The Bertz CT molecular complexity index is 765. The van der Waals surface area contributed by atoms with Gasteiger partial charge in [-0.3, -0.25) is 4.79 Å². The van der Waals surface area contributed by atoms with Crippen LogP contribution < -0.4 is 10.3 Å². The number of aromatic amines is 1. The number of hydrogen-bond acceptors (Lipinski definition) is 4. The molecule has 0 saturated heterocycles. The van der Waals surface area contributed by atoms with Gasteiger partial charge in [-0.15, -0.1) is 0 Å². The van der Waals surface area contributed by atoms with Crippen molar-refractivity contribution < 1.29 is 4.74 Å². The highest BCUT2D eigenvalue weighted by molar-refractivity contribution is 5.69. The Kier molecular flexibility index (Phi) is 3.77. The molecule has 0 aliphatic heterocycles. The Morgan fingerprint density at radius 3 is 2.86 bits per heavy atom. The Morgan fingerprint density at radius 1 is 1.14 bits per heavy atom. The minimum Gasteiger partial charge on any atom is -0.491 e. The van der Waals surface area contributed by atoms with Gasteiger partial charge in [0.05, 0.1) is 18.4 Å². The number of rotatable bonds is 5. The van der Waals surface area contributed by atoms with Gasteiger partial charge in [-0.2, -0.15) is 5.10 Å². The van der Waals surface area contributed by atoms with Gasteiger partial charge in [-0.25, -0.2) is 10.1 Å². The van der Waals surface area contributed by atoms with E-state index in [1.807, 2.05) is 35.0 Å². The molecule has 6 heteroatoms. The Balaban J connectivity index is 1.80. The second-order valence-electron chi connectivity index (χ2n) is 4.44. The molecule has 0 saturated carbocycles. The zero-order valence-corrected chi connectivity index (χ0v) is 11.3. The van der Waals surface area contributed by atoms with Crippen molar-refractivity contribution in [3.05, 3.63) is 65.6 Å². The van der Waals surface area contributed by atoms with Gasteiger partial charge in [0.1, 0.15) is 12.4 Å². The fourth-order valence-corrected chi connectivity index (χ4v) is 2.05. The monoisotopic (exact) mass is 282 g/mol. The molecule has 0 aliphatic rings. The molecule has 2 aromatic heterocycles. The molecular weight excluding hydrogens is 268 g/mol. The first-order chi connectivity index (χ1) is 10.3. The van der Waals surface area contributed by atoms with E-state index in [1.54, 1.807) is 24.8 Å². The quantitative estimate of drug-likeness (QED) is 0.773. The van der Waals surface area contributed by atoms with E-state index in [2.05, 4.69) is 15.2 Å². The van der Waals surface area contributed by atoms with Gasteiger partial charge in [-0.1, -0.05) is 18.2 Å². The third kappa shape index (κ3) is 3.00. The standard InChI is InChI=1S/C15H14N4O2/c20-15-13(5-6-17-18-15)12-3-1-2-4-14(12)21-10-9-19-8-7-16-11-19/h1-8,11H,9-10H2,(H,18,20). The van der Waals surface area contributed by atoms with Crippen LogP contribution in [-0.2, 0) is 6.54 Å². The molecule has 0 radical (unpaired) electrons. The molecule has 1 N–H and O–H groups in total. The maximum Gasteiger partial charge on any atom is 0.272 e.